The van der Waals surface area contributed by atoms with Crippen molar-refractivity contribution in [1.29, 1.82) is 0 Å². The summed E-state index contributed by atoms with van der Waals surface area (Å²) >= 11 is 3.10. The van der Waals surface area contributed by atoms with E-state index in [-0.39, 0.29) is 11.4 Å². The number of nitrogens with zero attached hydrogens (tertiary/aromatic N) is 1. The first-order valence-electron chi connectivity index (χ1n) is 5.39. The Bertz CT molecular complexity index is 647. The number of carboxylic acid groups (broad SMARTS) is 1. The number of aryl methyl sites for hydroxylation is 1. The highest BCUT2D eigenvalue weighted by Gasteiger charge is 2.12. The minimum atomic E-state index is -1.07. The summed E-state index contributed by atoms with van der Waals surface area (Å²) in [5.74, 6) is -1.44. The van der Waals surface area contributed by atoms with Crippen LogP contribution in [0.2, 0.25) is 0 Å². The third-order valence-corrected chi connectivity index (χ3v) is 3.20. The van der Waals surface area contributed by atoms with Crippen molar-refractivity contribution in [3.63, 3.8) is 0 Å². The molecular weight excluding hydrogens is 315 g/mol. The van der Waals surface area contributed by atoms with Gasteiger partial charge in [0.2, 0.25) is 0 Å². The van der Waals surface area contributed by atoms with Crippen molar-refractivity contribution in [3.8, 4) is 0 Å². The molecule has 0 amide bonds. The molecule has 0 bridgehead atoms. The monoisotopic (exact) mass is 324 g/mol. The number of benzene rings is 1. The number of aromatic carboxylic acids is 1. The molecule has 0 radical (unpaired) electrons. The van der Waals surface area contributed by atoms with Crippen molar-refractivity contribution in [2.75, 3.05) is 5.32 Å². The van der Waals surface area contributed by atoms with Crippen LogP contribution in [0.4, 0.5) is 15.8 Å². The first-order chi connectivity index (χ1) is 8.99. The number of pyridine rings is 1. The lowest BCUT2D eigenvalue weighted by Crippen LogP contribution is -2.04. The predicted octanol–water partition coefficient (Wildman–Crippen LogP) is 3.73. The lowest BCUT2D eigenvalue weighted by molar-refractivity contribution is 0.0697. The van der Waals surface area contributed by atoms with Gasteiger partial charge < -0.3 is 10.4 Å². The summed E-state index contributed by atoms with van der Waals surface area (Å²) in [4.78, 5) is 14.8. The zero-order chi connectivity index (χ0) is 14.0. The summed E-state index contributed by atoms with van der Waals surface area (Å²) in [5, 5.41) is 12.0. The maximum Gasteiger partial charge on any atom is 0.339 e. The van der Waals surface area contributed by atoms with Gasteiger partial charge in [0.05, 0.1) is 10.2 Å². The largest absolute Gasteiger partial charge is 0.478 e. The number of nitrogens with one attached hydrogen (secondary N) is 1. The third-order valence-electron chi connectivity index (χ3n) is 2.59. The molecule has 0 aliphatic carbocycles. The Morgan fingerprint density at radius 1 is 1.42 bits per heavy atom. The number of carboxylic acids is 1. The van der Waals surface area contributed by atoms with E-state index in [1.54, 1.807) is 19.1 Å². The fourth-order valence-electron chi connectivity index (χ4n) is 1.60. The van der Waals surface area contributed by atoms with E-state index < -0.39 is 5.97 Å². The van der Waals surface area contributed by atoms with Gasteiger partial charge in [-0.2, -0.15) is 0 Å². The molecule has 4 nitrogen and oxygen atoms in total. The van der Waals surface area contributed by atoms with Gasteiger partial charge in [-0.1, -0.05) is 0 Å². The number of aromatic nitrogens is 1. The molecular formula is C13H10BrFN2O2. The molecule has 0 saturated heterocycles. The highest BCUT2D eigenvalue weighted by molar-refractivity contribution is 9.10. The topological polar surface area (TPSA) is 62.2 Å². The highest BCUT2D eigenvalue weighted by atomic mass is 79.9. The van der Waals surface area contributed by atoms with Crippen molar-refractivity contribution >= 4 is 33.3 Å². The summed E-state index contributed by atoms with van der Waals surface area (Å²) in [6, 6.07) is 4.49. The number of carbonyl (C=O) groups is 1. The molecule has 19 heavy (non-hydrogen) atoms. The fourth-order valence-corrected chi connectivity index (χ4v) is 1.94. The number of halogens is 2. The maximum absolute atomic E-state index is 13.3. The van der Waals surface area contributed by atoms with Gasteiger partial charge >= 0.3 is 5.97 Å². The van der Waals surface area contributed by atoms with E-state index in [1.807, 2.05) is 0 Å². The van der Waals surface area contributed by atoms with Gasteiger partial charge in [0.25, 0.3) is 0 Å². The van der Waals surface area contributed by atoms with Crippen LogP contribution in [0, 0.1) is 12.7 Å². The molecule has 1 aromatic heterocycles. The molecule has 98 valence electrons. The predicted molar refractivity (Wildman–Crippen MR) is 73.3 cm³/mol. The van der Waals surface area contributed by atoms with Crippen LogP contribution in [0.25, 0.3) is 0 Å². The zero-order valence-corrected chi connectivity index (χ0v) is 11.5. The van der Waals surface area contributed by atoms with E-state index in [9.17, 15) is 9.18 Å². The molecule has 0 aliphatic heterocycles. The zero-order valence-electron chi connectivity index (χ0n) is 9.95. The second-order valence-corrected chi connectivity index (χ2v) is 4.79. The van der Waals surface area contributed by atoms with Crippen molar-refractivity contribution in [2.24, 2.45) is 0 Å². The van der Waals surface area contributed by atoms with Crippen LogP contribution in [0.15, 0.2) is 35.1 Å². The Morgan fingerprint density at radius 2 is 2.16 bits per heavy atom. The normalized spacial score (nSPS) is 10.3. The minimum Gasteiger partial charge on any atom is -0.478 e. The van der Waals surface area contributed by atoms with Crippen LogP contribution in [-0.2, 0) is 0 Å². The SMILES string of the molecule is Cc1cc(F)c(Br)cc1Nc1ccncc1C(=O)O. The second-order valence-electron chi connectivity index (χ2n) is 3.93. The first-order valence-corrected chi connectivity index (χ1v) is 6.18. The molecule has 0 spiro atoms. The Morgan fingerprint density at radius 3 is 2.84 bits per heavy atom. The van der Waals surface area contributed by atoms with E-state index in [0.29, 0.717) is 21.4 Å². The molecule has 2 N–H and O–H groups in total. The highest BCUT2D eigenvalue weighted by Crippen LogP contribution is 2.28. The molecule has 2 aromatic rings. The van der Waals surface area contributed by atoms with Gasteiger partial charge in [-0.25, -0.2) is 9.18 Å². The fraction of sp³-hybridized carbons (Fsp3) is 0.0769. The van der Waals surface area contributed by atoms with Gasteiger partial charge in [0, 0.05) is 18.1 Å². The van der Waals surface area contributed by atoms with E-state index in [0.717, 1.165) is 0 Å². The smallest absolute Gasteiger partial charge is 0.339 e. The maximum atomic E-state index is 13.3. The second kappa shape index (κ2) is 5.36. The van der Waals surface area contributed by atoms with Crippen molar-refractivity contribution in [1.82, 2.24) is 4.98 Å². The summed E-state index contributed by atoms with van der Waals surface area (Å²) < 4.78 is 13.6. The Balaban J connectivity index is 2.42. The lowest BCUT2D eigenvalue weighted by Gasteiger charge is -2.12. The molecule has 0 saturated carbocycles. The van der Waals surface area contributed by atoms with Gasteiger partial charge in [0.15, 0.2) is 0 Å². The number of anilines is 2. The summed E-state index contributed by atoms with van der Waals surface area (Å²) in [7, 11) is 0. The van der Waals surface area contributed by atoms with Gasteiger partial charge in [-0.15, -0.1) is 0 Å². The van der Waals surface area contributed by atoms with Crippen molar-refractivity contribution in [3.05, 3.63) is 52.0 Å². The summed E-state index contributed by atoms with van der Waals surface area (Å²) in [5.41, 5.74) is 1.77. The van der Waals surface area contributed by atoms with Crippen LogP contribution in [-0.4, -0.2) is 16.1 Å². The molecule has 6 heteroatoms. The molecule has 1 heterocycles. The first kappa shape index (κ1) is 13.5. The average molecular weight is 325 g/mol. The minimum absolute atomic E-state index is 0.0577. The Hall–Kier alpha value is -1.95. The quantitative estimate of drug-likeness (QED) is 0.902. The summed E-state index contributed by atoms with van der Waals surface area (Å²) in [6.45, 7) is 1.74. The molecule has 0 unspecified atom stereocenters. The number of hydrogen-bond donors (Lipinski definition) is 2. The summed E-state index contributed by atoms with van der Waals surface area (Å²) in [6.07, 6.45) is 2.75. The van der Waals surface area contributed by atoms with Gasteiger partial charge in [-0.3, -0.25) is 4.98 Å². The van der Waals surface area contributed by atoms with E-state index in [1.165, 1.54) is 18.5 Å². The van der Waals surface area contributed by atoms with Crippen LogP contribution in [0.5, 0.6) is 0 Å². The average Bonchev–Trinajstić information content (AvgIpc) is 2.36. The molecule has 2 rings (SSSR count). The van der Waals surface area contributed by atoms with E-state index in [4.69, 9.17) is 5.11 Å². The van der Waals surface area contributed by atoms with Crippen LogP contribution < -0.4 is 5.32 Å². The van der Waals surface area contributed by atoms with Crippen molar-refractivity contribution < 1.29 is 14.3 Å². The van der Waals surface area contributed by atoms with Crippen LogP contribution in [0.1, 0.15) is 15.9 Å². The molecule has 0 aliphatic rings. The standard InChI is InChI=1S/C13H10BrFN2O2/c1-7-4-10(15)9(14)5-12(7)17-11-2-3-16-6-8(11)13(18)19/h2-6H,1H3,(H,16,17)(H,18,19). The van der Waals surface area contributed by atoms with Crippen LogP contribution >= 0.6 is 15.9 Å². The molecule has 0 atom stereocenters. The molecule has 0 fully saturated rings. The van der Waals surface area contributed by atoms with E-state index in [2.05, 4.69) is 26.2 Å². The van der Waals surface area contributed by atoms with Gasteiger partial charge in [0.1, 0.15) is 11.4 Å². The van der Waals surface area contributed by atoms with Crippen molar-refractivity contribution in [2.45, 2.75) is 6.92 Å². The molecule has 1 aromatic carbocycles. The Kier molecular flexibility index (Phi) is 3.80. The number of hydrogen-bond acceptors (Lipinski definition) is 3. The number of rotatable bonds is 3. The van der Waals surface area contributed by atoms with E-state index >= 15 is 0 Å². The third kappa shape index (κ3) is 2.90. The van der Waals surface area contributed by atoms with Crippen LogP contribution in [0.3, 0.4) is 0 Å². The van der Waals surface area contributed by atoms with Gasteiger partial charge in [-0.05, 0) is 46.6 Å². The lowest BCUT2D eigenvalue weighted by atomic mass is 10.1. The Labute approximate surface area is 117 Å².